The van der Waals surface area contributed by atoms with Crippen molar-refractivity contribution in [3.63, 3.8) is 0 Å². The summed E-state index contributed by atoms with van der Waals surface area (Å²) in [5, 5.41) is 3.81. The van der Waals surface area contributed by atoms with E-state index in [1.807, 2.05) is 18.2 Å². The summed E-state index contributed by atoms with van der Waals surface area (Å²) in [7, 11) is 0. The smallest absolute Gasteiger partial charge is 0.193 e. The van der Waals surface area contributed by atoms with Crippen molar-refractivity contribution in [3.8, 4) is 0 Å². The Balaban J connectivity index is 1.93. The summed E-state index contributed by atoms with van der Waals surface area (Å²) in [5.41, 5.74) is 1.24. The molecule has 0 aliphatic carbocycles. The predicted molar refractivity (Wildman–Crippen MR) is 73.1 cm³/mol. The minimum Gasteiger partial charge on any atom is -0.448 e. The van der Waals surface area contributed by atoms with E-state index in [0.29, 0.717) is 11.8 Å². The Morgan fingerprint density at radius 3 is 2.53 bits per heavy atom. The van der Waals surface area contributed by atoms with Crippen molar-refractivity contribution in [1.29, 1.82) is 0 Å². The first-order valence-corrected chi connectivity index (χ1v) is 6.55. The van der Waals surface area contributed by atoms with Gasteiger partial charge < -0.3 is 9.73 Å². The van der Waals surface area contributed by atoms with Crippen LogP contribution in [0.3, 0.4) is 0 Å². The van der Waals surface area contributed by atoms with Crippen molar-refractivity contribution in [2.45, 2.75) is 19.5 Å². The van der Waals surface area contributed by atoms with Crippen molar-refractivity contribution in [2.24, 2.45) is 0 Å². The Bertz CT molecular complexity index is 480. The Labute approximate surface area is 114 Å². The summed E-state index contributed by atoms with van der Waals surface area (Å²) in [4.78, 5) is 0. The van der Waals surface area contributed by atoms with Crippen molar-refractivity contribution in [3.05, 3.63) is 57.4 Å². The molecule has 0 spiro atoms. The lowest BCUT2D eigenvalue weighted by molar-refractivity contribution is 0.461. The lowest BCUT2D eigenvalue weighted by atomic mass is 10.1. The van der Waals surface area contributed by atoms with E-state index in [4.69, 9.17) is 16.0 Å². The fourth-order valence-electron chi connectivity index (χ4n) is 1.57. The summed E-state index contributed by atoms with van der Waals surface area (Å²) >= 11 is 9.13. The third-order valence-corrected chi connectivity index (χ3v) is 3.31. The molecule has 1 heterocycles. The summed E-state index contributed by atoms with van der Waals surface area (Å²) in [5.74, 6) is 0.846. The average Bonchev–Trinajstić information content (AvgIpc) is 2.73. The van der Waals surface area contributed by atoms with Crippen molar-refractivity contribution in [2.75, 3.05) is 0 Å². The van der Waals surface area contributed by atoms with E-state index in [1.165, 1.54) is 5.56 Å². The topological polar surface area (TPSA) is 25.2 Å². The van der Waals surface area contributed by atoms with E-state index in [-0.39, 0.29) is 6.04 Å². The van der Waals surface area contributed by atoms with Gasteiger partial charge in [-0.3, -0.25) is 0 Å². The molecular weight excluding hydrogens is 302 g/mol. The Kier molecular flexibility index (Phi) is 4.26. The van der Waals surface area contributed by atoms with Crippen molar-refractivity contribution >= 4 is 27.5 Å². The highest BCUT2D eigenvalue weighted by Crippen LogP contribution is 2.18. The van der Waals surface area contributed by atoms with E-state index < -0.39 is 0 Å². The first-order valence-electron chi connectivity index (χ1n) is 5.38. The summed E-state index contributed by atoms with van der Waals surface area (Å²) in [6, 6.07) is 12.2. The first kappa shape index (κ1) is 12.7. The van der Waals surface area contributed by atoms with Gasteiger partial charge in [0.25, 0.3) is 0 Å². The molecule has 0 radical (unpaired) electrons. The van der Waals surface area contributed by atoms with Gasteiger partial charge in [-0.2, -0.15) is 0 Å². The highest BCUT2D eigenvalue weighted by atomic mass is 79.9. The maximum Gasteiger partial charge on any atom is 0.193 e. The van der Waals surface area contributed by atoms with Gasteiger partial charge in [-0.15, -0.1) is 0 Å². The second-order valence-electron chi connectivity index (χ2n) is 3.86. The number of hydrogen-bond donors (Lipinski definition) is 1. The monoisotopic (exact) mass is 313 g/mol. The molecule has 0 aliphatic rings. The van der Waals surface area contributed by atoms with Gasteiger partial charge >= 0.3 is 0 Å². The molecule has 0 aliphatic heterocycles. The van der Waals surface area contributed by atoms with E-state index >= 15 is 0 Å². The van der Waals surface area contributed by atoms with E-state index in [9.17, 15) is 0 Å². The van der Waals surface area contributed by atoms with Crippen LogP contribution in [-0.4, -0.2) is 0 Å². The van der Waals surface area contributed by atoms with Crippen LogP contribution in [0.5, 0.6) is 0 Å². The second kappa shape index (κ2) is 5.71. The van der Waals surface area contributed by atoms with Crippen LogP contribution in [0.2, 0.25) is 5.22 Å². The molecule has 1 aromatic heterocycles. The zero-order valence-corrected chi connectivity index (χ0v) is 11.8. The molecule has 0 saturated heterocycles. The number of hydrogen-bond acceptors (Lipinski definition) is 2. The highest BCUT2D eigenvalue weighted by Gasteiger charge is 2.06. The van der Waals surface area contributed by atoms with Gasteiger partial charge in [0, 0.05) is 10.5 Å². The van der Waals surface area contributed by atoms with Gasteiger partial charge in [-0.25, -0.2) is 0 Å². The molecule has 1 aromatic carbocycles. The largest absolute Gasteiger partial charge is 0.448 e. The summed E-state index contributed by atoms with van der Waals surface area (Å²) in [6.07, 6.45) is 0. The number of nitrogens with one attached hydrogen (secondary N) is 1. The first-order chi connectivity index (χ1) is 8.15. The van der Waals surface area contributed by atoms with Crippen LogP contribution < -0.4 is 5.32 Å². The molecule has 1 N–H and O–H groups in total. The molecule has 1 atom stereocenters. The standard InChI is InChI=1S/C13H13BrClNO/c1-9(10-2-4-11(14)5-3-10)16-8-12-6-7-13(15)17-12/h2-7,9,16H,8H2,1H3/t9-/m1/s1. The summed E-state index contributed by atoms with van der Waals surface area (Å²) in [6.45, 7) is 2.79. The molecule has 0 fully saturated rings. The van der Waals surface area contributed by atoms with Crippen LogP contribution >= 0.6 is 27.5 Å². The molecule has 0 unspecified atom stereocenters. The van der Waals surface area contributed by atoms with Crippen LogP contribution in [0.1, 0.15) is 24.3 Å². The molecule has 0 amide bonds. The third-order valence-electron chi connectivity index (χ3n) is 2.58. The molecular formula is C13H13BrClNO. The van der Waals surface area contributed by atoms with Crippen LogP contribution in [-0.2, 0) is 6.54 Å². The number of furan rings is 1. The fourth-order valence-corrected chi connectivity index (χ4v) is 2.00. The van der Waals surface area contributed by atoms with Gasteiger partial charge in [0.05, 0.1) is 6.54 Å². The van der Waals surface area contributed by atoms with E-state index in [2.05, 4.69) is 40.3 Å². The summed E-state index contributed by atoms with van der Waals surface area (Å²) < 4.78 is 6.37. The SMILES string of the molecule is C[C@@H](NCc1ccc(Cl)o1)c1ccc(Br)cc1. The second-order valence-corrected chi connectivity index (χ2v) is 5.15. The molecule has 90 valence electrons. The lowest BCUT2D eigenvalue weighted by Gasteiger charge is -2.13. The average molecular weight is 315 g/mol. The predicted octanol–water partition coefficient (Wildman–Crippen LogP) is 4.55. The Morgan fingerprint density at radius 2 is 1.94 bits per heavy atom. The minimum absolute atomic E-state index is 0.270. The molecule has 0 saturated carbocycles. The molecule has 2 nitrogen and oxygen atoms in total. The Hall–Kier alpha value is -0.770. The Morgan fingerprint density at radius 1 is 1.24 bits per heavy atom. The maximum atomic E-state index is 5.71. The zero-order chi connectivity index (χ0) is 12.3. The van der Waals surface area contributed by atoms with Crippen LogP contribution in [0.25, 0.3) is 0 Å². The van der Waals surface area contributed by atoms with Gasteiger partial charge in [-0.1, -0.05) is 28.1 Å². The van der Waals surface area contributed by atoms with E-state index in [1.54, 1.807) is 6.07 Å². The van der Waals surface area contributed by atoms with Gasteiger partial charge in [0.2, 0.25) is 0 Å². The quantitative estimate of drug-likeness (QED) is 0.896. The molecule has 2 aromatic rings. The van der Waals surface area contributed by atoms with Gasteiger partial charge in [0.15, 0.2) is 5.22 Å². The number of rotatable bonds is 4. The van der Waals surface area contributed by atoms with E-state index in [0.717, 1.165) is 10.2 Å². The maximum absolute atomic E-state index is 5.71. The fraction of sp³-hybridized carbons (Fsp3) is 0.231. The molecule has 17 heavy (non-hydrogen) atoms. The van der Waals surface area contributed by atoms with Crippen LogP contribution in [0, 0.1) is 0 Å². The lowest BCUT2D eigenvalue weighted by Crippen LogP contribution is -2.17. The normalized spacial score (nSPS) is 12.6. The number of halogens is 2. The molecule has 0 bridgehead atoms. The van der Waals surface area contributed by atoms with Crippen LogP contribution in [0.4, 0.5) is 0 Å². The minimum atomic E-state index is 0.270. The van der Waals surface area contributed by atoms with Gasteiger partial charge in [-0.05, 0) is 48.4 Å². The zero-order valence-electron chi connectivity index (χ0n) is 9.41. The highest BCUT2D eigenvalue weighted by molar-refractivity contribution is 9.10. The van der Waals surface area contributed by atoms with Gasteiger partial charge in [0.1, 0.15) is 5.76 Å². The van der Waals surface area contributed by atoms with Crippen molar-refractivity contribution < 1.29 is 4.42 Å². The van der Waals surface area contributed by atoms with Crippen molar-refractivity contribution in [1.82, 2.24) is 5.32 Å². The van der Waals surface area contributed by atoms with Crippen LogP contribution in [0.15, 0.2) is 45.3 Å². The third kappa shape index (κ3) is 3.60. The molecule has 2 rings (SSSR count). The molecule has 4 heteroatoms. The number of benzene rings is 1.